The Labute approximate surface area is 352 Å². The van der Waals surface area contributed by atoms with Crippen molar-refractivity contribution < 1.29 is 0 Å². The zero-order chi connectivity index (χ0) is 39.7. The van der Waals surface area contributed by atoms with E-state index in [2.05, 4.69) is 185 Å². The maximum Gasteiger partial charge on any atom is 0.244 e. The van der Waals surface area contributed by atoms with Crippen molar-refractivity contribution in [3.63, 3.8) is 0 Å². The van der Waals surface area contributed by atoms with Crippen LogP contribution in [0, 0.1) is 0 Å². The average molecular weight is 759 g/mol. The highest BCUT2D eigenvalue weighted by Crippen LogP contribution is 2.50. The van der Waals surface area contributed by atoms with E-state index in [9.17, 15) is 0 Å². The van der Waals surface area contributed by atoms with Gasteiger partial charge in [-0.15, -0.1) is 0 Å². The lowest BCUT2D eigenvalue weighted by Gasteiger charge is -2.33. The summed E-state index contributed by atoms with van der Waals surface area (Å²) in [6, 6.07) is 61.2. The third-order valence-corrected chi connectivity index (χ3v) is 14.9. The van der Waals surface area contributed by atoms with Gasteiger partial charge < -0.3 is 0 Å². The molecule has 4 heterocycles. The Bertz CT molecular complexity index is 3300. The minimum atomic E-state index is 0.186. The number of benzene rings is 10. The number of rotatable bonds is 4. The van der Waals surface area contributed by atoms with Crippen molar-refractivity contribution in [1.82, 2.24) is 0 Å². The van der Waals surface area contributed by atoms with Crippen molar-refractivity contribution in [1.29, 1.82) is 0 Å². The minimum Gasteiger partial charge on any atom is -0.0664 e. The summed E-state index contributed by atoms with van der Waals surface area (Å²) in [4.78, 5) is 0. The molecule has 0 aliphatic carbocycles. The first-order chi connectivity index (χ1) is 29.4. The van der Waals surface area contributed by atoms with E-state index >= 15 is 0 Å². The topological polar surface area (TPSA) is 0 Å². The van der Waals surface area contributed by atoms with E-state index in [1.807, 2.05) is 0 Å². The van der Waals surface area contributed by atoms with E-state index in [0.717, 1.165) is 0 Å². The Morgan fingerprint density at radius 3 is 1.07 bits per heavy atom. The monoisotopic (exact) mass is 758 g/mol. The molecule has 4 aliphatic rings. The fraction of sp³-hybridized carbons (Fsp3) is 0.103. The largest absolute Gasteiger partial charge is 0.244 e. The van der Waals surface area contributed by atoms with E-state index in [1.165, 1.54) is 143 Å². The maximum absolute atomic E-state index is 2.67. The molecule has 0 radical (unpaired) electrons. The molecule has 0 bridgehead atoms. The highest BCUT2D eigenvalue weighted by atomic mass is 14.4. The van der Waals surface area contributed by atoms with Gasteiger partial charge >= 0.3 is 0 Å². The normalized spacial score (nSPS) is 13.6. The van der Waals surface area contributed by atoms with E-state index in [4.69, 9.17) is 0 Å². The Morgan fingerprint density at radius 1 is 0.300 bits per heavy atom. The van der Waals surface area contributed by atoms with Crippen molar-refractivity contribution in [3.05, 3.63) is 169 Å². The van der Waals surface area contributed by atoms with Gasteiger partial charge in [-0.05, 0) is 158 Å². The summed E-state index contributed by atoms with van der Waals surface area (Å²) >= 11 is 0. The van der Waals surface area contributed by atoms with Crippen LogP contribution in [-0.4, -0.2) is 13.4 Å². The molecule has 60 heavy (non-hydrogen) atoms. The summed E-state index contributed by atoms with van der Waals surface area (Å²) in [6.07, 6.45) is 0. The fourth-order valence-electron chi connectivity index (χ4n) is 12.5. The molecule has 0 N–H and O–H groups in total. The Kier molecular flexibility index (Phi) is 6.40. The van der Waals surface area contributed by atoms with Gasteiger partial charge in [0.25, 0.3) is 0 Å². The van der Waals surface area contributed by atoms with Crippen LogP contribution in [0.2, 0.25) is 0 Å². The molecular weight excluding hydrogens is 718 g/mol. The third-order valence-electron chi connectivity index (χ3n) is 14.9. The second-order valence-electron chi connectivity index (χ2n) is 18.6. The van der Waals surface area contributed by atoms with Crippen molar-refractivity contribution in [3.8, 4) is 66.8 Å². The van der Waals surface area contributed by atoms with Gasteiger partial charge in [-0.1, -0.05) is 182 Å². The number of hydrogen-bond acceptors (Lipinski definition) is 0. The van der Waals surface area contributed by atoms with Crippen LogP contribution >= 0.6 is 0 Å². The van der Waals surface area contributed by atoms with Crippen LogP contribution in [0.25, 0.3) is 99.1 Å². The molecule has 10 aromatic rings. The Hall–Kier alpha value is -6.63. The van der Waals surface area contributed by atoms with Gasteiger partial charge in [-0.25, -0.2) is 0 Å². The molecule has 0 spiro atoms. The first kappa shape index (κ1) is 33.2. The predicted octanol–water partition coefficient (Wildman–Crippen LogP) is 11.1. The van der Waals surface area contributed by atoms with Crippen molar-refractivity contribution in [2.75, 3.05) is 0 Å². The van der Waals surface area contributed by atoms with Crippen LogP contribution in [0.5, 0.6) is 0 Å². The van der Waals surface area contributed by atoms with Crippen molar-refractivity contribution in [2.45, 2.75) is 39.5 Å². The van der Waals surface area contributed by atoms with E-state index < -0.39 is 0 Å². The van der Waals surface area contributed by atoms with Gasteiger partial charge in [-0.3, -0.25) is 0 Å². The van der Waals surface area contributed by atoms with E-state index in [0.29, 0.717) is 11.8 Å². The van der Waals surface area contributed by atoms with Crippen LogP contribution in [0.15, 0.2) is 158 Å². The predicted molar refractivity (Wildman–Crippen MR) is 260 cm³/mol. The van der Waals surface area contributed by atoms with Gasteiger partial charge in [0.1, 0.15) is 0 Å². The SMILES string of the molecule is CC(C)c1cc2c3c(cc4c(C(C)C)cc5c6c(cc1c3c46)B1c3ccccc3-c3cc(-c4ccccc4)cc-5c31)B1c3ccccc3-c3cc(-c4ccccc4)cc-2c31. The quantitative estimate of drug-likeness (QED) is 0.124. The first-order valence-corrected chi connectivity index (χ1v) is 22.0. The number of hydrogen-bond donors (Lipinski definition) is 0. The number of fused-ring (bicyclic) bond motifs is 10. The lowest BCUT2D eigenvalue weighted by atomic mass is 9.34. The van der Waals surface area contributed by atoms with Crippen molar-refractivity contribution in [2.24, 2.45) is 0 Å². The zero-order valence-corrected chi connectivity index (χ0v) is 34.3. The van der Waals surface area contributed by atoms with Gasteiger partial charge in [0.2, 0.25) is 13.4 Å². The first-order valence-electron chi connectivity index (χ1n) is 22.0. The van der Waals surface area contributed by atoms with Crippen LogP contribution in [0.4, 0.5) is 0 Å². The second-order valence-corrected chi connectivity index (χ2v) is 18.6. The fourth-order valence-corrected chi connectivity index (χ4v) is 12.5. The Balaban J connectivity index is 1.19. The summed E-state index contributed by atoms with van der Waals surface area (Å²) in [7, 11) is 0. The molecule has 0 saturated carbocycles. The van der Waals surface area contributed by atoms with Crippen LogP contribution < -0.4 is 32.8 Å². The van der Waals surface area contributed by atoms with Gasteiger partial charge in [0, 0.05) is 0 Å². The van der Waals surface area contributed by atoms with Gasteiger partial charge in [0.05, 0.1) is 0 Å². The summed E-state index contributed by atoms with van der Waals surface area (Å²) in [5.74, 6) is 0.697. The standard InChI is InChI=1S/C58H40B2/c1-31(2)39-27-41-47-25-35(33-15-7-5-8-16-33)23-45-37-19-12-14-22-50(37)60(57(45)47)52-30-44-40(32(3)4)28-42-48-26-36(34-17-9-6-10-18-34)24-46-38-20-11-13-21-49(38)59(58(46)48)51-29-43(39)55(53(41)52)56(44)54(42)51/h5-32H,1-4H3. The molecule has 2 heteroatoms. The van der Waals surface area contributed by atoms with Gasteiger partial charge in [0.15, 0.2) is 0 Å². The maximum atomic E-state index is 2.67. The highest BCUT2D eigenvalue weighted by molar-refractivity contribution is 7.03. The Morgan fingerprint density at radius 2 is 0.667 bits per heavy atom. The molecule has 14 rings (SSSR count). The third kappa shape index (κ3) is 4.05. The molecule has 0 unspecified atom stereocenters. The summed E-state index contributed by atoms with van der Waals surface area (Å²) in [5.41, 5.74) is 28.0. The highest BCUT2D eigenvalue weighted by Gasteiger charge is 2.45. The van der Waals surface area contributed by atoms with Crippen LogP contribution in [0.3, 0.4) is 0 Å². The summed E-state index contributed by atoms with van der Waals surface area (Å²) < 4.78 is 0. The molecule has 0 amide bonds. The van der Waals surface area contributed by atoms with Crippen LogP contribution in [0.1, 0.15) is 50.7 Å². The molecule has 4 aliphatic heterocycles. The van der Waals surface area contributed by atoms with Gasteiger partial charge in [-0.2, -0.15) is 0 Å². The second kappa shape index (κ2) is 11.6. The zero-order valence-electron chi connectivity index (χ0n) is 34.3. The lowest BCUT2D eigenvalue weighted by Crippen LogP contribution is -2.53. The lowest BCUT2D eigenvalue weighted by molar-refractivity contribution is 0.876. The summed E-state index contributed by atoms with van der Waals surface area (Å²) in [5, 5.41) is 8.75. The summed E-state index contributed by atoms with van der Waals surface area (Å²) in [6.45, 7) is 10.0. The molecule has 0 saturated heterocycles. The molecular formula is C58H40B2. The van der Waals surface area contributed by atoms with E-state index in [-0.39, 0.29) is 13.4 Å². The smallest absolute Gasteiger partial charge is 0.0664 e. The molecule has 0 aromatic heterocycles. The molecule has 0 nitrogen and oxygen atoms in total. The molecule has 10 aromatic carbocycles. The minimum absolute atomic E-state index is 0.186. The van der Waals surface area contributed by atoms with E-state index in [1.54, 1.807) is 0 Å². The molecule has 0 fully saturated rings. The molecule has 278 valence electrons. The van der Waals surface area contributed by atoms with Crippen LogP contribution in [-0.2, 0) is 0 Å². The average Bonchev–Trinajstić information content (AvgIpc) is 3.80. The molecule has 0 atom stereocenters. The van der Waals surface area contributed by atoms with Crippen molar-refractivity contribution >= 4 is 78.5 Å².